The molecule has 134 valence electrons. The van der Waals surface area contributed by atoms with Gasteiger partial charge in [-0.2, -0.15) is 0 Å². The van der Waals surface area contributed by atoms with Crippen molar-refractivity contribution in [2.24, 2.45) is 0 Å². The van der Waals surface area contributed by atoms with Crippen LogP contribution in [0.2, 0.25) is 10.0 Å². The maximum Gasteiger partial charge on any atom is 0.279 e. The largest absolute Gasteiger partial charge is 0.326 e. The Kier molecular flexibility index (Phi) is 6.46. The zero-order valence-corrected chi connectivity index (χ0v) is 16.2. The second kappa shape index (κ2) is 8.19. The Morgan fingerprint density at radius 1 is 1.16 bits per heavy atom. The average molecular weight is 402 g/mol. The molecule has 0 radical (unpaired) electrons. The molecule has 1 atom stereocenters. The number of nitrogens with one attached hydrogen (secondary N) is 2. The lowest BCUT2D eigenvalue weighted by Gasteiger charge is -2.15. The minimum atomic E-state index is -3.32. The van der Waals surface area contributed by atoms with Crippen molar-refractivity contribution in [1.29, 1.82) is 0 Å². The van der Waals surface area contributed by atoms with Crippen molar-refractivity contribution in [2.45, 2.75) is 11.4 Å². The number of anilines is 1. The summed E-state index contributed by atoms with van der Waals surface area (Å²) < 4.78 is 23.1. The highest BCUT2D eigenvalue weighted by atomic mass is 35.5. The minimum absolute atomic E-state index is 0.166. The number of quaternary nitrogens is 1. The lowest BCUT2D eigenvalue weighted by atomic mass is 10.2. The first-order chi connectivity index (χ1) is 11.6. The van der Waals surface area contributed by atoms with Gasteiger partial charge in [-0.1, -0.05) is 35.3 Å². The van der Waals surface area contributed by atoms with E-state index in [4.69, 9.17) is 23.2 Å². The summed E-state index contributed by atoms with van der Waals surface area (Å²) in [6.07, 6.45) is 1.13. The molecule has 25 heavy (non-hydrogen) atoms. The van der Waals surface area contributed by atoms with Gasteiger partial charge in [0.1, 0.15) is 6.54 Å². The van der Waals surface area contributed by atoms with Gasteiger partial charge in [-0.15, -0.1) is 0 Å². The van der Waals surface area contributed by atoms with Gasteiger partial charge in [0.05, 0.1) is 17.0 Å². The van der Waals surface area contributed by atoms with Gasteiger partial charge in [-0.25, -0.2) is 8.42 Å². The van der Waals surface area contributed by atoms with Crippen LogP contribution < -0.4 is 10.2 Å². The van der Waals surface area contributed by atoms with Gasteiger partial charge >= 0.3 is 0 Å². The smallest absolute Gasteiger partial charge is 0.279 e. The van der Waals surface area contributed by atoms with Crippen molar-refractivity contribution >= 4 is 44.6 Å². The molecule has 8 heteroatoms. The van der Waals surface area contributed by atoms with Crippen LogP contribution in [0.5, 0.6) is 0 Å². The van der Waals surface area contributed by atoms with Crippen molar-refractivity contribution in [1.82, 2.24) is 0 Å². The maximum atomic E-state index is 12.2. The first-order valence-electron chi connectivity index (χ1n) is 7.50. The van der Waals surface area contributed by atoms with E-state index in [1.54, 1.807) is 24.3 Å². The molecule has 1 amide bonds. The second-order valence-corrected chi connectivity index (χ2v) is 8.75. The molecular formula is C17H19Cl2N2O3S+. The Morgan fingerprint density at radius 3 is 2.52 bits per heavy atom. The first-order valence-corrected chi connectivity index (χ1v) is 10.1. The summed E-state index contributed by atoms with van der Waals surface area (Å²) in [5.74, 6) is -0.215. The molecule has 2 N–H and O–H groups in total. The van der Waals surface area contributed by atoms with Crippen LogP contribution in [0, 0.1) is 0 Å². The summed E-state index contributed by atoms with van der Waals surface area (Å²) in [5.41, 5.74) is 1.35. The van der Waals surface area contributed by atoms with Gasteiger partial charge < -0.3 is 10.2 Å². The monoisotopic (exact) mass is 401 g/mol. The molecule has 1 unspecified atom stereocenters. The number of halogens is 2. The number of hydrogen-bond acceptors (Lipinski definition) is 3. The number of carbonyl (C=O) groups is 1. The number of benzene rings is 2. The van der Waals surface area contributed by atoms with Crippen LogP contribution in [0.3, 0.4) is 0 Å². The van der Waals surface area contributed by atoms with E-state index >= 15 is 0 Å². The normalized spacial score (nSPS) is 12.6. The molecule has 5 nitrogen and oxygen atoms in total. The fourth-order valence-corrected chi connectivity index (χ4v) is 3.48. The average Bonchev–Trinajstić information content (AvgIpc) is 2.49. The molecule has 2 aromatic carbocycles. The zero-order chi connectivity index (χ0) is 18.6. The number of hydrogen-bond donors (Lipinski definition) is 2. The quantitative estimate of drug-likeness (QED) is 0.777. The predicted octanol–water partition coefficient (Wildman–Crippen LogP) is 2.05. The molecule has 0 aliphatic heterocycles. The van der Waals surface area contributed by atoms with E-state index in [9.17, 15) is 13.2 Å². The molecule has 0 aliphatic rings. The van der Waals surface area contributed by atoms with E-state index in [0.717, 1.165) is 16.7 Å². The predicted molar refractivity (Wildman–Crippen MR) is 100 cm³/mol. The van der Waals surface area contributed by atoms with Gasteiger partial charge in [0.2, 0.25) is 0 Å². The molecule has 0 aliphatic carbocycles. The van der Waals surface area contributed by atoms with Crippen LogP contribution in [0.15, 0.2) is 47.4 Å². The molecular weight excluding hydrogens is 383 g/mol. The van der Waals surface area contributed by atoms with Crippen molar-refractivity contribution < 1.29 is 18.1 Å². The summed E-state index contributed by atoms with van der Waals surface area (Å²) in [4.78, 5) is 13.3. The lowest BCUT2D eigenvalue weighted by Crippen LogP contribution is -3.08. The van der Waals surface area contributed by atoms with E-state index in [0.29, 0.717) is 22.3 Å². The Morgan fingerprint density at radius 2 is 1.88 bits per heavy atom. The van der Waals surface area contributed by atoms with Gasteiger partial charge in [0.15, 0.2) is 16.4 Å². The van der Waals surface area contributed by atoms with Gasteiger partial charge in [0, 0.05) is 22.5 Å². The molecule has 0 fully saturated rings. The van der Waals surface area contributed by atoms with Crippen LogP contribution in [0.1, 0.15) is 5.56 Å². The molecule has 2 aromatic rings. The Labute approximate surface area is 157 Å². The van der Waals surface area contributed by atoms with E-state index in [1.165, 1.54) is 12.1 Å². The van der Waals surface area contributed by atoms with Crippen molar-refractivity contribution in [3.8, 4) is 0 Å². The topological polar surface area (TPSA) is 67.7 Å². The van der Waals surface area contributed by atoms with Crippen molar-refractivity contribution in [2.75, 3.05) is 25.2 Å². The van der Waals surface area contributed by atoms with Crippen LogP contribution >= 0.6 is 23.2 Å². The Balaban J connectivity index is 1.98. The maximum absolute atomic E-state index is 12.2. The molecule has 0 saturated heterocycles. The fourth-order valence-electron chi connectivity index (χ4n) is 2.34. The summed E-state index contributed by atoms with van der Waals surface area (Å²) in [7, 11) is -1.44. The summed E-state index contributed by atoms with van der Waals surface area (Å²) in [6.45, 7) is 0.773. The summed E-state index contributed by atoms with van der Waals surface area (Å²) >= 11 is 12.0. The van der Waals surface area contributed by atoms with Crippen LogP contribution in [-0.2, 0) is 21.2 Å². The SMILES string of the molecule is C[NH+](CC(=O)Nc1cccc(S(C)(=O)=O)c1)Cc1ccc(Cl)cc1Cl. The highest BCUT2D eigenvalue weighted by Crippen LogP contribution is 2.20. The number of sulfone groups is 1. The first kappa shape index (κ1) is 19.7. The molecule has 0 spiro atoms. The number of likely N-dealkylation sites (N-methyl/N-ethyl adjacent to an activating group) is 1. The Bertz CT molecular complexity index is 885. The van der Waals surface area contributed by atoms with Gasteiger partial charge in [-0.05, 0) is 30.3 Å². The molecule has 0 bridgehead atoms. The standard InChI is InChI=1S/C17H18Cl2N2O3S/c1-21(10-12-6-7-13(18)8-16(12)19)11-17(22)20-14-4-3-5-15(9-14)25(2,23)24/h3-9H,10-11H2,1-2H3,(H,20,22)/p+1. The number of rotatable bonds is 6. The molecule has 0 saturated carbocycles. The van der Waals surface area contributed by atoms with Crippen LogP contribution in [-0.4, -0.2) is 34.2 Å². The van der Waals surface area contributed by atoms with Crippen LogP contribution in [0.4, 0.5) is 5.69 Å². The number of carbonyl (C=O) groups excluding carboxylic acids is 1. The van der Waals surface area contributed by atoms with Gasteiger partial charge in [-0.3, -0.25) is 4.79 Å². The zero-order valence-electron chi connectivity index (χ0n) is 13.8. The third-order valence-electron chi connectivity index (χ3n) is 3.52. The molecule has 0 aromatic heterocycles. The summed E-state index contributed by atoms with van der Waals surface area (Å²) in [5, 5.41) is 3.84. The van der Waals surface area contributed by atoms with E-state index in [1.807, 2.05) is 13.1 Å². The minimum Gasteiger partial charge on any atom is -0.326 e. The Hall–Kier alpha value is -1.60. The van der Waals surface area contributed by atoms with E-state index < -0.39 is 9.84 Å². The summed E-state index contributed by atoms with van der Waals surface area (Å²) in [6, 6.07) is 11.4. The number of amides is 1. The molecule has 0 heterocycles. The van der Waals surface area contributed by atoms with E-state index in [-0.39, 0.29) is 17.3 Å². The third kappa shape index (κ3) is 6.01. The second-order valence-electron chi connectivity index (χ2n) is 5.89. The highest BCUT2D eigenvalue weighted by molar-refractivity contribution is 7.90. The van der Waals surface area contributed by atoms with Crippen LogP contribution in [0.25, 0.3) is 0 Å². The van der Waals surface area contributed by atoms with Gasteiger partial charge in [0.25, 0.3) is 5.91 Å². The van der Waals surface area contributed by atoms with Crippen molar-refractivity contribution in [3.63, 3.8) is 0 Å². The third-order valence-corrected chi connectivity index (χ3v) is 5.21. The fraction of sp³-hybridized carbons (Fsp3) is 0.235. The lowest BCUT2D eigenvalue weighted by molar-refractivity contribution is -0.885. The van der Waals surface area contributed by atoms with E-state index in [2.05, 4.69) is 5.32 Å². The van der Waals surface area contributed by atoms with Crippen molar-refractivity contribution in [3.05, 3.63) is 58.1 Å². The molecule has 2 rings (SSSR count). The highest BCUT2D eigenvalue weighted by Gasteiger charge is 2.14.